The molecule has 3 aromatic rings. The minimum Gasteiger partial charge on any atom is -0.505 e. The van der Waals surface area contributed by atoms with Crippen LogP contribution in [0.1, 0.15) is 54.3 Å². The van der Waals surface area contributed by atoms with E-state index in [0.717, 1.165) is 45.9 Å². The lowest BCUT2D eigenvalue weighted by molar-refractivity contribution is -0.631. The number of aromatic hydroxyl groups is 1. The van der Waals surface area contributed by atoms with E-state index in [1.54, 1.807) is 13.0 Å². The van der Waals surface area contributed by atoms with Gasteiger partial charge in [-0.3, -0.25) is 14.8 Å². The fraction of sp³-hybridized carbons (Fsp3) is 0.345. The second-order valence-corrected chi connectivity index (χ2v) is 9.99. The second-order valence-electron chi connectivity index (χ2n) is 9.99. The number of aryl methyl sites for hydroxylation is 1. The first-order valence-electron chi connectivity index (χ1n) is 13.4. The van der Waals surface area contributed by atoms with Crippen LogP contribution in [0, 0.1) is 28.9 Å². The van der Waals surface area contributed by atoms with Gasteiger partial charge in [-0.1, -0.05) is 24.6 Å². The van der Waals surface area contributed by atoms with Crippen molar-refractivity contribution in [1.29, 1.82) is 5.53 Å². The molecule has 2 aromatic carbocycles. The minimum atomic E-state index is -4.95. The highest BCUT2D eigenvalue weighted by molar-refractivity contribution is 6.10. The molecule has 0 aliphatic carbocycles. The molecule has 3 unspecified atom stereocenters. The third-order valence-electron chi connectivity index (χ3n) is 6.75. The molecule has 0 saturated heterocycles. The van der Waals surface area contributed by atoms with Gasteiger partial charge in [0.1, 0.15) is 0 Å². The maximum Gasteiger partial charge on any atom is 0.435 e. The number of aliphatic imine (C=N–C) groups is 1. The molecule has 0 radical (unpaired) electrons. The fourth-order valence-electron chi connectivity index (χ4n) is 4.59. The van der Waals surface area contributed by atoms with E-state index in [2.05, 4.69) is 20.7 Å². The molecule has 4 N–H and O–H groups in total. The number of alkyl halides is 3. The number of carbonyl (C=O) groups is 1. The lowest BCUT2D eigenvalue weighted by Crippen LogP contribution is -2.39. The van der Waals surface area contributed by atoms with Crippen molar-refractivity contribution in [2.24, 2.45) is 18.0 Å². The van der Waals surface area contributed by atoms with Crippen molar-refractivity contribution in [2.75, 3.05) is 12.4 Å². The van der Waals surface area contributed by atoms with Crippen LogP contribution >= 0.6 is 0 Å². The van der Waals surface area contributed by atoms with Crippen molar-refractivity contribution in [2.45, 2.75) is 44.9 Å². The number of halogens is 6. The average molecular weight is 625 g/mol. The highest BCUT2D eigenvalue weighted by atomic mass is 19.4. The van der Waals surface area contributed by atoms with Gasteiger partial charge in [0.15, 0.2) is 35.9 Å². The number of benzene rings is 2. The molecule has 0 saturated carbocycles. The number of carbonyl (C=O) groups excluding carboxylic acids is 1. The molecule has 236 valence electrons. The molecule has 9 nitrogen and oxygen atoms in total. The van der Waals surface area contributed by atoms with Crippen molar-refractivity contribution in [3.8, 4) is 5.75 Å². The predicted molar refractivity (Wildman–Crippen MR) is 150 cm³/mol. The summed E-state index contributed by atoms with van der Waals surface area (Å²) in [6, 6.07) is 4.80. The van der Waals surface area contributed by atoms with Crippen LogP contribution in [0.15, 0.2) is 59.7 Å². The van der Waals surface area contributed by atoms with E-state index in [4.69, 9.17) is 5.53 Å². The van der Waals surface area contributed by atoms with Gasteiger partial charge >= 0.3 is 6.18 Å². The van der Waals surface area contributed by atoms with Gasteiger partial charge in [0.25, 0.3) is 5.91 Å². The number of rotatable bonds is 10. The first-order chi connectivity index (χ1) is 20.6. The van der Waals surface area contributed by atoms with Crippen LogP contribution in [0.3, 0.4) is 0 Å². The van der Waals surface area contributed by atoms with Crippen molar-refractivity contribution in [1.82, 2.24) is 15.1 Å². The summed E-state index contributed by atoms with van der Waals surface area (Å²) in [5.41, 5.74) is 6.32. The summed E-state index contributed by atoms with van der Waals surface area (Å²) in [4.78, 5) is 17.8. The number of nitrogens with one attached hydrogen (secondary N) is 3. The third kappa shape index (κ3) is 8.45. The summed E-state index contributed by atoms with van der Waals surface area (Å²) < 4.78 is 84.6. The molecule has 15 heteroatoms. The summed E-state index contributed by atoms with van der Waals surface area (Å²) in [6.07, 6.45) is 0.0154. The molecule has 44 heavy (non-hydrogen) atoms. The van der Waals surface area contributed by atoms with Crippen LogP contribution in [0.2, 0.25) is 0 Å². The Kier molecular flexibility index (Phi) is 10.9. The van der Waals surface area contributed by atoms with E-state index in [0.29, 0.717) is 12.0 Å². The Morgan fingerprint density at radius 2 is 1.86 bits per heavy atom. The van der Waals surface area contributed by atoms with Gasteiger partial charge < -0.3 is 10.4 Å². The number of anilines is 1. The lowest BCUT2D eigenvalue weighted by Gasteiger charge is -2.24. The number of phenolic OH excluding ortho intramolecular Hbond substituents is 1. The quantitative estimate of drug-likeness (QED) is 0.0512. The molecular formula is C29H32F6N7O2+. The molecule has 0 aliphatic heterocycles. The number of amides is 1. The molecular weight excluding hydrogens is 592 g/mol. The summed E-state index contributed by atoms with van der Waals surface area (Å²) in [5, 5.41) is 17.9. The highest BCUT2D eigenvalue weighted by Crippen LogP contribution is 2.32. The molecule has 1 heterocycles. The SMILES string of the molecule is CC=CC(CC)C(CC(c1ccc(O)c(F)c1)[N+](C)=N)N=C(NC(=O)c1cn(C)nc1C(F)(F)F)Nc1ccc(F)c(F)c1. The van der Waals surface area contributed by atoms with Crippen LogP contribution in [-0.2, 0) is 13.2 Å². The number of phenols is 1. The van der Waals surface area contributed by atoms with Crippen molar-refractivity contribution < 1.29 is 40.9 Å². The van der Waals surface area contributed by atoms with Crippen molar-refractivity contribution in [3.63, 3.8) is 0 Å². The fourth-order valence-corrected chi connectivity index (χ4v) is 4.59. The molecule has 0 aliphatic rings. The lowest BCUT2D eigenvalue weighted by atomic mass is 9.89. The van der Waals surface area contributed by atoms with Crippen molar-refractivity contribution >= 4 is 17.6 Å². The maximum absolute atomic E-state index is 14.3. The number of hydrogen-bond acceptors (Lipinski definition) is 5. The number of hydrogen-bond donors (Lipinski definition) is 4. The van der Waals surface area contributed by atoms with E-state index in [9.17, 15) is 36.2 Å². The van der Waals surface area contributed by atoms with Gasteiger partial charge in [0, 0.05) is 37.0 Å². The average Bonchev–Trinajstić information content (AvgIpc) is 3.35. The van der Waals surface area contributed by atoms with E-state index in [1.807, 2.05) is 13.0 Å². The van der Waals surface area contributed by atoms with Gasteiger partial charge in [-0.25, -0.2) is 18.2 Å². The molecule has 0 bridgehead atoms. The topological polar surface area (TPSA) is 118 Å². The zero-order valence-electron chi connectivity index (χ0n) is 24.3. The van der Waals surface area contributed by atoms with Gasteiger partial charge in [-0.2, -0.15) is 18.3 Å². The molecule has 1 amide bonds. The Hall–Kier alpha value is -4.69. The number of aromatic nitrogens is 2. The normalized spacial score (nSPS) is 14.4. The summed E-state index contributed by atoms with van der Waals surface area (Å²) in [7, 11) is 2.64. The number of nitrogens with zero attached hydrogens (tertiary/aromatic N) is 4. The van der Waals surface area contributed by atoms with Crippen LogP contribution in [0.25, 0.3) is 0 Å². The van der Waals surface area contributed by atoms with E-state index in [-0.39, 0.29) is 18.0 Å². The number of allylic oxidation sites excluding steroid dienone is 1. The molecule has 0 spiro atoms. The van der Waals surface area contributed by atoms with Crippen LogP contribution in [-0.4, -0.2) is 44.5 Å². The van der Waals surface area contributed by atoms with Gasteiger partial charge in [-0.05, 0) is 49.6 Å². The molecule has 0 fully saturated rings. The second kappa shape index (κ2) is 14.2. The first-order valence-corrected chi connectivity index (χ1v) is 13.4. The van der Waals surface area contributed by atoms with Crippen LogP contribution in [0.5, 0.6) is 5.75 Å². The van der Waals surface area contributed by atoms with Crippen LogP contribution < -0.4 is 10.6 Å². The molecule has 1 aromatic heterocycles. The standard InChI is InChI=1S/C29H31F6N7O2/c1-5-7-16(6-2)23(14-24(42(4)36)17-8-11-25(43)22(32)12-17)38-28(37-18-9-10-20(30)21(31)13-18)39-27(44)19-15-41(3)40-26(19)29(33,34)35/h5,7-13,15-16,23-24,36H,6,14H2,1-4H3,(H2-,37,38,39,43,44)/p+1. The smallest absolute Gasteiger partial charge is 0.435 e. The summed E-state index contributed by atoms with van der Waals surface area (Å²) in [6.45, 7) is 3.61. The molecule has 3 rings (SSSR count). The number of guanidine groups is 1. The van der Waals surface area contributed by atoms with Crippen LogP contribution in [0.4, 0.5) is 32.0 Å². The van der Waals surface area contributed by atoms with Crippen molar-refractivity contribution in [3.05, 3.63) is 89.0 Å². The zero-order valence-corrected chi connectivity index (χ0v) is 24.3. The van der Waals surface area contributed by atoms with Gasteiger partial charge in [0.05, 0.1) is 11.6 Å². The highest BCUT2D eigenvalue weighted by Gasteiger charge is 2.39. The predicted octanol–water partition coefficient (Wildman–Crippen LogP) is 6.54. The Morgan fingerprint density at radius 3 is 2.43 bits per heavy atom. The largest absolute Gasteiger partial charge is 0.505 e. The maximum atomic E-state index is 14.3. The Bertz CT molecular complexity index is 1570. The first kappa shape index (κ1) is 33.8. The summed E-state index contributed by atoms with van der Waals surface area (Å²) >= 11 is 0. The van der Waals surface area contributed by atoms with Gasteiger partial charge in [0.2, 0.25) is 12.0 Å². The van der Waals surface area contributed by atoms with E-state index < -0.39 is 64.6 Å². The molecule has 3 atom stereocenters. The zero-order chi connectivity index (χ0) is 32.8. The van der Waals surface area contributed by atoms with E-state index in [1.165, 1.54) is 20.2 Å². The Labute approximate surface area is 249 Å². The third-order valence-corrected chi connectivity index (χ3v) is 6.75. The summed E-state index contributed by atoms with van der Waals surface area (Å²) in [5.74, 6) is -5.84. The Morgan fingerprint density at radius 1 is 1.16 bits per heavy atom. The minimum absolute atomic E-state index is 0.0343. The van der Waals surface area contributed by atoms with Gasteiger partial charge in [-0.15, -0.1) is 4.70 Å². The monoisotopic (exact) mass is 624 g/mol. The Balaban J connectivity index is 2.13. The van der Waals surface area contributed by atoms with E-state index >= 15 is 0 Å².